The van der Waals surface area contributed by atoms with Gasteiger partial charge in [0.2, 0.25) is 5.91 Å². The van der Waals surface area contributed by atoms with Gasteiger partial charge in [0.1, 0.15) is 6.10 Å². The third kappa shape index (κ3) is 3.01. The van der Waals surface area contributed by atoms with E-state index in [-0.39, 0.29) is 6.10 Å². The number of nitrogens with zero attached hydrogens (tertiary/aromatic N) is 3. The van der Waals surface area contributed by atoms with Crippen LogP contribution in [0.4, 0.5) is 5.82 Å². The molecular formula is C18H25N3O2. The van der Waals surface area contributed by atoms with Crippen LogP contribution in [-0.4, -0.2) is 49.1 Å². The molecule has 3 atom stereocenters. The van der Waals surface area contributed by atoms with Gasteiger partial charge in [-0.25, -0.2) is 4.98 Å². The number of hydrogen-bond acceptors (Lipinski definition) is 4. The van der Waals surface area contributed by atoms with Gasteiger partial charge >= 0.3 is 0 Å². The lowest BCUT2D eigenvalue weighted by Gasteiger charge is -2.20. The Bertz CT molecular complexity index is 600. The number of likely N-dealkylation sites (tertiary alicyclic amines) is 1. The lowest BCUT2D eigenvalue weighted by molar-refractivity contribution is -0.132. The fraction of sp³-hybridized carbons (Fsp3) is 0.667. The number of amides is 1. The van der Waals surface area contributed by atoms with Crippen LogP contribution in [0.5, 0.6) is 5.75 Å². The first-order chi connectivity index (χ1) is 11.1. The van der Waals surface area contributed by atoms with Crippen molar-refractivity contribution < 1.29 is 9.53 Å². The monoisotopic (exact) mass is 315 g/mol. The standard InChI is InChI=1S/C18H25N3O2/c1-20(2)17-16(4-3-8-19-17)23-13-7-9-21(11-13)18(22)15-10-14(15)12-5-6-12/h3-4,8,12-15H,5-7,9-11H2,1-2H3/t13-,14+,15-/m1/s1. The highest BCUT2D eigenvalue weighted by Crippen LogP contribution is 2.55. The second kappa shape index (κ2) is 5.69. The van der Waals surface area contributed by atoms with Crippen LogP contribution in [0.25, 0.3) is 0 Å². The van der Waals surface area contributed by atoms with E-state index in [4.69, 9.17) is 4.74 Å². The summed E-state index contributed by atoms with van der Waals surface area (Å²) in [6.45, 7) is 1.55. The Morgan fingerprint density at radius 1 is 1.35 bits per heavy atom. The predicted molar refractivity (Wildman–Crippen MR) is 88.5 cm³/mol. The molecule has 2 aliphatic carbocycles. The van der Waals surface area contributed by atoms with Crippen LogP contribution in [-0.2, 0) is 4.79 Å². The van der Waals surface area contributed by atoms with E-state index in [0.717, 1.165) is 36.9 Å². The topological polar surface area (TPSA) is 45.7 Å². The largest absolute Gasteiger partial charge is 0.485 e. The molecule has 1 aliphatic heterocycles. The summed E-state index contributed by atoms with van der Waals surface area (Å²) < 4.78 is 6.14. The average molecular weight is 315 g/mol. The third-order valence-corrected chi connectivity index (χ3v) is 5.31. The Balaban J connectivity index is 1.35. The zero-order valence-electron chi connectivity index (χ0n) is 13.9. The molecule has 1 amide bonds. The Labute approximate surface area is 137 Å². The zero-order chi connectivity index (χ0) is 16.0. The smallest absolute Gasteiger partial charge is 0.226 e. The van der Waals surface area contributed by atoms with Crippen molar-refractivity contribution in [1.29, 1.82) is 0 Å². The van der Waals surface area contributed by atoms with Gasteiger partial charge in [-0.3, -0.25) is 4.79 Å². The number of hydrogen-bond donors (Lipinski definition) is 0. The second-order valence-electron chi connectivity index (χ2n) is 7.38. The summed E-state index contributed by atoms with van der Waals surface area (Å²) >= 11 is 0. The van der Waals surface area contributed by atoms with Gasteiger partial charge in [0.05, 0.1) is 6.54 Å². The fourth-order valence-electron chi connectivity index (χ4n) is 3.79. The minimum Gasteiger partial charge on any atom is -0.485 e. The molecule has 23 heavy (non-hydrogen) atoms. The van der Waals surface area contributed by atoms with Gasteiger partial charge in [0.25, 0.3) is 0 Å². The van der Waals surface area contributed by atoms with E-state index in [1.54, 1.807) is 6.20 Å². The predicted octanol–water partition coefficient (Wildman–Crippen LogP) is 2.17. The lowest BCUT2D eigenvalue weighted by Crippen LogP contribution is -2.32. The molecule has 5 heteroatoms. The van der Waals surface area contributed by atoms with Crippen LogP contribution in [0.3, 0.4) is 0 Å². The van der Waals surface area contributed by atoms with Crippen molar-refractivity contribution >= 4 is 11.7 Å². The molecule has 3 aliphatic rings. The quantitative estimate of drug-likeness (QED) is 0.835. The fourth-order valence-corrected chi connectivity index (χ4v) is 3.79. The number of carbonyl (C=O) groups is 1. The Kier molecular flexibility index (Phi) is 3.66. The summed E-state index contributed by atoms with van der Waals surface area (Å²) in [6, 6.07) is 3.85. The molecule has 0 bridgehead atoms. The lowest BCUT2D eigenvalue weighted by atomic mass is 10.2. The highest BCUT2D eigenvalue weighted by Gasteiger charge is 2.52. The van der Waals surface area contributed by atoms with Crippen LogP contribution < -0.4 is 9.64 Å². The number of rotatable bonds is 5. The highest BCUT2D eigenvalue weighted by atomic mass is 16.5. The highest BCUT2D eigenvalue weighted by molar-refractivity contribution is 5.82. The molecule has 0 spiro atoms. The number of aromatic nitrogens is 1. The van der Waals surface area contributed by atoms with Crippen molar-refractivity contribution in [2.45, 2.75) is 31.8 Å². The molecule has 124 valence electrons. The molecule has 3 fully saturated rings. The van der Waals surface area contributed by atoms with E-state index in [2.05, 4.69) is 4.98 Å². The summed E-state index contributed by atoms with van der Waals surface area (Å²) in [5.41, 5.74) is 0. The van der Waals surface area contributed by atoms with Gasteiger partial charge < -0.3 is 14.5 Å². The summed E-state index contributed by atoms with van der Waals surface area (Å²) in [7, 11) is 3.93. The Morgan fingerprint density at radius 3 is 2.91 bits per heavy atom. The second-order valence-corrected chi connectivity index (χ2v) is 7.38. The molecule has 0 unspecified atom stereocenters. The van der Waals surface area contributed by atoms with Crippen LogP contribution in [0.2, 0.25) is 0 Å². The van der Waals surface area contributed by atoms with E-state index >= 15 is 0 Å². The molecule has 1 aromatic rings. The van der Waals surface area contributed by atoms with Gasteiger partial charge in [-0.2, -0.15) is 0 Å². The number of pyridine rings is 1. The van der Waals surface area contributed by atoms with Gasteiger partial charge in [-0.15, -0.1) is 0 Å². The van der Waals surface area contributed by atoms with Crippen molar-refractivity contribution in [2.75, 3.05) is 32.1 Å². The molecular weight excluding hydrogens is 290 g/mol. The number of ether oxygens (including phenoxy) is 1. The van der Waals surface area contributed by atoms with Crippen LogP contribution >= 0.6 is 0 Å². The molecule has 0 aromatic carbocycles. The van der Waals surface area contributed by atoms with E-state index < -0.39 is 0 Å². The Morgan fingerprint density at radius 2 is 2.17 bits per heavy atom. The summed E-state index contributed by atoms with van der Waals surface area (Å²) in [4.78, 5) is 20.9. The molecule has 1 saturated heterocycles. The van der Waals surface area contributed by atoms with E-state index in [0.29, 0.717) is 24.3 Å². The zero-order valence-corrected chi connectivity index (χ0v) is 13.9. The average Bonchev–Trinajstić information content (AvgIpc) is 3.43. The van der Waals surface area contributed by atoms with E-state index in [1.807, 2.05) is 36.0 Å². The van der Waals surface area contributed by atoms with Crippen molar-refractivity contribution in [3.05, 3.63) is 18.3 Å². The summed E-state index contributed by atoms with van der Waals surface area (Å²) in [5.74, 6) is 3.88. The molecule has 0 N–H and O–H groups in total. The first kappa shape index (κ1) is 14.8. The van der Waals surface area contributed by atoms with E-state index in [1.165, 1.54) is 12.8 Å². The van der Waals surface area contributed by atoms with Crippen LogP contribution in [0.1, 0.15) is 25.7 Å². The molecule has 1 aromatic heterocycles. The van der Waals surface area contributed by atoms with Crippen LogP contribution in [0, 0.1) is 17.8 Å². The van der Waals surface area contributed by atoms with Crippen molar-refractivity contribution in [1.82, 2.24) is 9.88 Å². The SMILES string of the molecule is CN(C)c1ncccc1O[C@@H]1CCN(C(=O)[C@@H]2C[C@H]2C2CC2)C1. The van der Waals surface area contributed by atoms with Gasteiger partial charge in [-0.05, 0) is 43.2 Å². The van der Waals surface area contributed by atoms with Gasteiger partial charge in [-0.1, -0.05) is 0 Å². The normalized spacial score (nSPS) is 29.5. The minimum atomic E-state index is 0.0833. The maximum atomic E-state index is 12.6. The van der Waals surface area contributed by atoms with Crippen molar-refractivity contribution in [2.24, 2.45) is 17.8 Å². The first-order valence-electron chi connectivity index (χ1n) is 8.71. The molecule has 2 heterocycles. The third-order valence-electron chi connectivity index (χ3n) is 5.31. The van der Waals surface area contributed by atoms with Gasteiger partial charge in [0, 0.05) is 39.2 Å². The number of carbonyl (C=O) groups excluding carboxylic acids is 1. The molecule has 4 rings (SSSR count). The Hall–Kier alpha value is -1.78. The van der Waals surface area contributed by atoms with E-state index in [9.17, 15) is 4.79 Å². The van der Waals surface area contributed by atoms with Crippen molar-refractivity contribution in [3.63, 3.8) is 0 Å². The first-order valence-corrected chi connectivity index (χ1v) is 8.71. The summed E-state index contributed by atoms with van der Waals surface area (Å²) in [6.07, 6.45) is 6.58. The van der Waals surface area contributed by atoms with Gasteiger partial charge in [0.15, 0.2) is 11.6 Å². The molecule has 2 saturated carbocycles. The summed E-state index contributed by atoms with van der Waals surface area (Å²) in [5, 5.41) is 0. The minimum absolute atomic E-state index is 0.0833. The maximum absolute atomic E-state index is 12.6. The molecule has 5 nitrogen and oxygen atoms in total. The maximum Gasteiger partial charge on any atom is 0.226 e. The van der Waals surface area contributed by atoms with Crippen molar-refractivity contribution in [3.8, 4) is 5.75 Å². The molecule has 0 radical (unpaired) electrons. The van der Waals surface area contributed by atoms with Crippen LogP contribution in [0.15, 0.2) is 18.3 Å². The number of anilines is 1.